The molecule has 0 aromatic heterocycles. The molecular weight excluding hydrogens is 207 g/mol. The van der Waals surface area contributed by atoms with E-state index in [1.54, 1.807) is 0 Å². The number of nitrogens with two attached hydrogens (primary N) is 1. The van der Waals surface area contributed by atoms with Crippen LogP contribution in [-0.2, 0) is 6.54 Å². The number of hydrogen-bond acceptors (Lipinski definition) is 3. The molecule has 4 heteroatoms. The normalized spacial score (nSPS) is 10.9. The first-order chi connectivity index (χ1) is 7.58. The van der Waals surface area contributed by atoms with Gasteiger partial charge >= 0.3 is 0 Å². The van der Waals surface area contributed by atoms with E-state index in [9.17, 15) is 4.39 Å². The summed E-state index contributed by atoms with van der Waals surface area (Å²) in [6.07, 6.45) is 0. The van der Waals surface area contributed by atoms with Crippen molar-refractivity contribution in [2.45, 2.75) is 26.4 Å². The minimum absolute atomic E-state index is 0.0483. The molecule has 1 aromatic rings. The topological polar surface area (TPSA) is 49.5 Å². The Hall–Kier alpha value is -1.13. The van der Waals surface area contributed by atoms with E-state index in [1.807, 2.05) is 24.8 Å². The Balaban J connectivity index is 3.03. The van der Waals surface area contributed by atoms with Gasteiger partial charge in [0, 0.05) is 24.8 Å². The van der Waals surface area contributed by atoms with E-state index in [2.05, 4.69) is 0 Å². The summed E-state index contributed by atoms with van der Waals surface area (Å²) >= 11 is 0. The Morgan fingerprint density at radius 2 is 2.06 bits per heavy atom. The van der Waals surface area contributed by atoms with Gasteiger partial charge in [-0.25, -0.2) is 4.39 Å². The lowest BCUT2D eigenvalue weighted by atomic mass is 10.1. The number of benzene rings is 1. The van der Waals surface area contributed by atoms with Crippen molar-refractivity contribution in [2.24, 2.45) is 5.73 Å². The fourth-order valence-corrected chi connectivity index (χ4v) is 1.71. The van der Waals surface area contributed by atoms with Crippen LogP contribution >= 0.6 is 0 Å². The maximum Gasteiger partial charge on any atom is 0.125 e. The molecule has 0 saturated carbocycles. The molecule has 3 nitrogen and oxygen atoms in total. The second kappa shape index (κ2) is 5.82. The average Bonchev–Trinajstić information content (AvgIpc) is 2.24. The molecule has 3 N–H and O–H groups in total. The third kappa shape index (κ3) is 3.18. The predicted octanol–water partition coefficient (Wildman–Crippen LogP) is 1.49. The number of anilines is 1. The SMILES string of the molecule is CC(C)N(CCO)c1cc(F)cc(CN)c1. The van der Waals surface area contributed by atoms with Gasteiger partial charge in [0.1, 0.15) is 5.82 Å². The second-order valence-electron chi connectivity index (χ2n) is 4.03. The van der Waals surface area contributed by atoms with Crippen LogP contribution in [0.5, 0.6) is 0 Å². The van der Waals surface area contributed by atoms with Crippen molar-refractivity contribution < 1.29 is 9.50 Å². The highest BCUT2D eigenvalue weighted by molar-refractivity contribution is 5.49. The molecule has 0 heterocycles. The lowest BCUT2D eigenvalue weighted by Crippen LogP contribution is -2.33. The summed E-state index contributed by atoms with van der Waals surface area (Å²) in [6, 6.07) is 4.97. The Kier molecular flexibility index (Phi) is 4.71. The number of aliphatic hydroxyl groups excluding tert-OH is 1. The van der Waals surface area contributed by atoms with E-state index in [0.29, 0.717) is 13.1 Å². The quantitative estimate of drug-likeness (QED) is 0.799. The molecule has 0 spiro atoms. The van der Waals surface area contributed by atoms with Crippen LogP contribution in [0.25, 0.3) is 0 Å². The van der Waals surface area contributed by atoms with Crippen LogP contribution in [0.4, 0.5) is 10.1 Å². The molecule has 0 fully saturated rings. The summed E-state index contributed by atoms with van der Waals surface area (Å²) in [5.74, 6) is -0.290. The zero-order valence-electron chi connectivity index (χ0n) is 9.78. The summed E-state index contributed by atoms with van der Waals surface area (Å²) in [6.45, 7) is 4.86. The van der Waals surface area contributed by atoms with Crippen molar-refractivity contribution in [1.29, 1.82) is 0 Å². The lowest BCUT2D eigenvalue weighted by Gasteiger charge is -2.28. The zero-order valence-corrected chi connectivity index (χ0v) is 9.78. The second-order valence-corrected chi connectivity index (χ2v) is 4.03. The molecule has 0 bridgehead atoms. The highest BCUT2D eigenvalue weighted by Crippen LogP contribution is 2.20. The van der Waals surface area contributed by atoms with Crippen molar-refractivity contribution in [1.82, 2.24) is 0 Å². The Morgan fingerprint density at radius 1 is 1.38 bits per heavy atom. The summed E-state index contributed by atoms with van der Waals surface area (Å²) in [4.78, 5) is 1.95. The molecule has 1 aromatic carbocycles. The van der Waals surface area contributed by atoms with Crippen LogP contribution in [0.3, 0.4) is 0 Å². The van der Waals surface area contributed by atoms with Gasteiger partial charge in [-0.3, -0.25) is 0 Å². The first-order valence-corrected chi connectivity index (χ1v) is 5.45. The highest BCUT2D eigenvalue weighted by atomic mass is 19.1. The van der Waals surface area contributed by atoms with Gasteiger partial charge in [0.05, 0.1) is 6.61 Å². The van der Waals surface area contributed by atoms with E-state index in [-0.39, 0.29) is 18.5 Å². The Bertz CT molecular complexity index is 342. The van der Waals surface area contributed by atoms with Crippen LogP contribution in [0.1, 0.15) is 19.4 Å². The smallest absolute Gasteiger partial charge is 0.125 e. The maximum absolute atomic E-state index is 13.3. The third-order valence-electron chi connectivity index (χ3n) is 2.47. The van der Waals surface area contributed by atoms with Crippen LogP contribution < -0.4 is 10.6 Å². The first-order valence-electron chi connectivity index (χ1n) is 5.45. The van der Waals surface area contributed by atoms with Crippen LogP contribution in [0.2, 0.25) is 0 Å². The van der Waals surface area contributed by atoms with E-state index in [0.717, 1.165) is 11.3 Å². The van der Waals surface area contributed by atoms with Gasteiger partial charge < -0.3 is 15.7 Å². The molecule has 16 heavy (non-hydrogen) atoms. The van der Waals surface area contributed by atoms with E-state index < -0.39 is 0 Å². The van der Waals surface area contributed by atoms with Gasteiger partial charge in [0.2, 0.25) is 0 Å². The predicted molar refractivity (Wildman–Crippen MR) is 63.9 cm³/mol. The molecule has 0 aliphatic carbocycles. The monoisotopic (exact) mass is 226 g/mol. The van der Waals surface area contributed by atoms with Gasteiger partial charge in [-0.05, 0) is 37.6 Å². The highest BCUT2D eigenvalue weighted by Gasteiger charge is 2.11. The lowest BCUT2D eigenvalue weighted by molar-refractivity contribution is 0.299. The minimum Gasteiger partial charge on any atom is -0.395 e. The molecule has 0 unspecified atom stereocenters. The molecule has 0 radical (unpaired) electrons. The molecule has 0 saturated heterocycles. The molecule has 0 aliphatic rings. The average molecular weight is 226 g/mol. The van der Waals surface area contributed by atoms with Crippen molar-refractivity contribution in [3.63, 3.8) is 0 Å². The Morgan fingerprint density at radius 3 is 2.56 bits per heavy atom. The van der Waals surface area contributed by atoms with E-state index >= 15 is 0 Å². The minimum atomic E-state index is -0.290. The first kappa shape index (κ1) is 12.9. The number of nitrogens with zero attached hydrogens (tertiary/aromatic N) is 1. The molecule has 90 valence electrons. The van der Waals surface area contributed by atoms with Crippen molar-refractivity contribution in [3.05, 3.63) is 29.6 Å². The molecule has 0 amide bonds. The molecule has 0 aliphatic heterocycles. The van der Waals surface area contributed by atoms with Gasteiger partial charge in [-0.2, -0.15) is 0 Å². The maximum atomic E-state index is 13.3. The van der Waals surface area contributed by atoms with Gasteiger partial charge in [0.15, 0.2) is 0 Å². The molecule has 0 atom stereocenters. The van der Waals surface area contributed by atoms with Crippen molar-refractivity contribution in [3.8, 4) is 0 Å². The van der Waals surface area contributed by atoms with Gasteiger partial charge in [-0.1, -0.05) is 0 Å². The van der Waals surface area contributed by atoms with Crippen LogP contribution in [0, 0.1) is 5.82 Å². The molecular formula is C12H19FN2O. The third-order valence-corrected chi connectivity index (χ3v) is 2.47. The Labute approximate surface area is 95.7 Å². The van der Waals surface area contributed by atoms with E-state index in [1.165, 1.54) is 12.1 Å². The van der Waals surface area contributed by atoms with Crippen LogP contribution in [-0.4, -0.2) is 24.3 Å². The molecule has 1 rings (SSSR count). The van der Waals surface area contributed by atoms with Crippen molar-refractivity contribution >= 4 is 5.69 Å². The van der Waals surface area contributed by atoms with Crippen LogP contribution in [0.15, 0.2) is 18.2 Å². The number of hydrogen-bond donors (Lipinski definition) is 2. The number of aliphatic hydroxyl groups is 1. The summed E-state index contributed by atoms with van der Waals surface area (Å²) in [5, 5.41) is 8.98. The summed E-state index contributed by atoms with van der Waals surface area (Å²) in [7, 11) is 0. The summed E-state index contributed by atoms with van der Waals surface area (Å²) in [5.41, 5.74) is 7.03. The zero-order chi connectivity index (χ0) is 12.1. The van der Waals surface area contributed by atoms with E-state index in [4.69, 9.17) is 10.8 Å². The number of rotatable bonds is 5. The van der Waals surface area contributed by atoms with Crippen molar-refractivity contribution in [2.75, 3.05) is 18.1 Å². The van der Waals surface area contributed by atoms with Gasteiger partial charge in [0.25, 0.3) is 0 Å². The number of halogens is 1. The van der Waals surface area contributed by atoms with Gasteiger partial charge in [-0.15, -0.1) is 0 Å². The fraction of sp³-hybridized carbons (Fsp3) is 0.500. The summed E-state index contributed by atoms with van der Waals surface area (Å²) < 4.78 is 13.3. The largest absolute Gasteiger partial charge is 0.395 e. The standard InChI is InChI=1S/C12H19FN2O/c1-9(2)15(3-4-16)12-6-10(8-14)5-11(13)7-12/h5-7,9,16H,3-4,8,14H2,1-2H3. The fourth-order valence-electron chi connectivity index (χ4n) is 1.71.